The summed E-state index contributed by atoms with van der Waals surface area (Å²) in [5.41, 5.74) is 7.26. The molecule has 0 aliphatic heterocycles. The smallest absolute Gasteiger partial charge is 0.138 e. The third kappa shape index (κ3) is 3.42. The molecule has 0 aliphatic carbocycles. The molecule has 90 valence electrons. The molecule has 0 aliphatic rings. The molecule has 0 saturated carbocycles. The van der Waals surface area contributed by atoms with Crippen molar-refractivity contribution in [2.45, 2.75) is 32.6 Å². The van der Waals surface area contributed by atoms with Crippen molar-refractivity contribution in [3.8, 4) is 0 Å². The molecule has 2 N–H and O–H groups in total. The molecule has 1 aromatic rings. The number of hydrogen-bond acceptors (Lipinski definition) is 3. The van der Waals surface area contributed by atoms with Crippen LogP contribution in [0.25, 0.3) is 0 Å². The third-order valence-corrected chi connectivity index (χ3v) is 3.57. The van der Waals surface area contributed by atoms with Crippen LogP contribution in [0.3, 0.4) is 0 Å². The monoisotopic (exact) mass is 287 g/mol. The Morgan fingerprint density at radius 3 is 2.69 bits per heavy atom. The predicted octanol–water partition coefficient (Wildman–Crippen LogP) is 1.73. The summed E-state index contributed by atoms with van der Waals surface area (Å²) in [5, 5.41) is 4.26. The second kappa shape index (κ2) is 6.15. The second-order valence-electron chi connectivity index (χ2n) is 3.93. The van der Waals surface area contributed by atoms with Crippen LogP contribution in [0.2, 0.25) is 0 Å². The van der Waals surface area contributed by atoms with Crippen LogP contribution in [0.5, 0.6) is 0 Å². The minimum atomic E-state index is 0.247. The van der Waals surface area contributed by atoms with E-state index in [9.17, 15) is 4.79 Å². The number of nitrogens with two attached hydrogens (primary N) is 1. The lowest BCUT2D eigenvalue weighted by molar-refractivity contribution is -0.118. The number of unbranched alkanes of at least 4 members (excludes halogenated alkanes) is 1. The molecule has 0 spiro atoms. The van der Waals surface area contributed by atoms with Crippen molar-refractivity contribution in [2.24, 2.45) is 12.8 Å². The Morgan fingerprint density at radius 1 is 1.50 bits per heavy atom. The quantitative estimate of drug-likeness (QED) is 0.811. The standard InChI is InChI=1S/C11H18BrN3O/c1-8-11(12)10(15(2)14-8)7-9(16)5-3-4-6-13/h3-7,13H2,1-2H3. The summed E-state index contributed by atoms with van der Waals surface area (Å²) in [6.07, 6.45) is 2.84. The Bertz CT molecular complexity index is 374. The zero-order chi connectivity index (χ0) is 12.1. The molecule has 0 unspecified atom stereocenters. The fraction of sp³-hybridized carbons (Fsp3) is 0.636. The minimum Gasteiger partial charge on any atom is -0.330 e. The molecule has 0 atom stereocenters. The van der Waals surface area contributed by atoms with Crippen molar-refractivity contribution >= 4 is 21.7 Å². The van der Waals surface area contributed by atoms with Crippen LogP contribution in [0, 0.1) is 6.92 Å². The number of rotatable bonds is 6. The van der Waals surface area contributed by atoms with Crippen molar-refractivity contribution in [1.29, 1.82) is 0 Å². The van der Waals surface area contributed by atoms with E-state index in [0.29, 0.717) is 19.4 Å². The number of carbonyl (C=O) groups is 1. The third-order valence-electron chi connectivity index (χ3n) is 2.54. The minimum absolute atomic E-state index is 0.247. The first kappa shape index (κ1) is 13.4. The maximum Gasteiger partial charge on any atom is 0.138 e. The van der Waals surface area contributed by atoms with Gasteiger partial charge in [0.25, 0.3) is 0 Å². The molecular formula is C11H18BrN3O. The van der Waals surface area contributed by atoms with Crippen molar-refractivity contribution in [3.05, 3.63) is 15.9 Å². The lowest BCUT2D eigenvalue weighted by Crippen LogP contribution is -2.08. The maximum absolute atomic E-state index is 11.7. The van der Waals surface area contributed by atoms with Crippen LogP contribution in [-0.2, 0) is 18.3 Å². The number of ketones is 1. The van der Waals surface area contributed by atoms with Gasteiger partial charge >= 0.3 is 0 Å². The van der Waals surface area contributed by atoms with Crippen molar-refractivity contribution in [3.63, 3.8) is 0 Å². The van der Waals surface area contributed by atoms with E-state index in [4.69, 9.17) is 5.73 Å². The number of halogens is 1. The zero-order valence-corrected chi connectivity index (χ0v) is 11.4. The van der Waals surface area contributed by atoms with E-state index in [-0.39, 0.29) is 5.78 Å². The normalized spacial score (nSPS) is 10.8. The van der Waals surface area contributed by atoms with Gasteiger partial charge in [-0.05, 0) is 42.2 Å². The van der Waals surface area contributed by atoms with Gasteiger partial charge in [0.05, 0.1) is 15.9 Å². The molecule has 1 rings (SSSR count). The average Bonchev–Trinajstić information content (AvgIpc) is 2.46. The van der Waals surface area contributed by atoms with Gasteiger partial charge in [0.1, 0.15) is 5.78 Å². The van der Waals surface area contributed by atoms with Gasteiger partial charge in [0.15, 0.2) is 0 Å². The number of hydrogen-bond donors (Lipinski definition) is 1. The molecule has 0 saturated heterocycles. The van der Waals surface area contributed by atoms with Gasteiger partial charge in [0.2, 0.25) is 0 Å². The molecule has 0 aromatic carbocycles. The number of Topliss-reactive ketones (excluding diaryl/α,β-unsaturated/α-hetero) is 1. The Morgan fingerprint density at radius 2 is 2.19 bits per heavy atom. The van der Waals surface area contributed by atoms with Gasteiger partial charge in [-0.3, -0.25) is 9.48 Å². The van der Waals surface area contributed by atoms with E-state index >= 15 is 0 Å². The van der Waals surface area contributed by atoms with Crippen LogP contribution in [-0.4, -0.2) is 22.1 Å². The number of aryl methyl sites for hydroxylation is 2. The van der Waals surface area contributed by atoms with E-state index in [1.807, 2.05) is 14.0 Å². The van der Waals surface area contributed by atoms with Gasteiger partial charge in [0, 0.05) is 19.9 Å². The number of aromatic nitrogens is 2. The summed E-state index contributed by atoms with van der Waals surface area (Å²) in [4.78, 5) is 11.7. The Kier molecular flexibility index (Phi) is 5.15. The molecule has 0 radical (unpaired) electrons. The Balaban J connectivity index is 2.56. The highest BCUT2D eigenvalue weighted by Gasteiger charge is 2.13. The lowest BCUT2D eigenvalue weighted by atomic mass is 10.1. The molecule has 0 amide bonds. The van der Waals surface area contributed by atoms with Gasteiger partial charge in [-0.2, -0.15) is 5.10 Å². The SMILES string of the molecule is Cc1nn(C)c(CC(=O)CCCCN)c1Br. The molecule has 4 nitrogen and oxygen atoms in total. The summed E-state index contributed by atoms with van der Waals surface area (Å²) in [5.74, 6) is 0.247. The molecular weight excluding hydrogens is 270 g/mol. The maximum atomic E-state index is 11.7. The van der Waals surface area contributed by atoms with E-state index in [1.54, 1.807) is 4.68 Å². The molecule has 1 heterocycles. The van der Waals surface area contributed by atoms with Gasteiger partial charge in [-0.25, -0.2) is 0 Å². The van der Waals surface area contributed by atoms with E-state index in [0.717, 1.165) is 28.7 Å². The predicted molar refractivity (Wildman–Crippen MR) is 67.3 cm³/mol. The van der Waals surface area contributed by atoms with Crippen LogP contribution < -0.4 is 5.73 Å². The average molecular weight is 288 g/mol. The molecule has 16 heavy (non-hydrogen) atoms. The van der Waals surface area contributed by atoms with Crippen LogP contribution in [0.15, 0.2) is 4.47 Å². The lowest BCUT2D eigenvalue weighted by Gasteiger charge is -2.02. The topological polar surface area (TPSA) is 60.9 Å². The molecule has 1 aromatic heterocycles. The highest BCUT2D eigenvalue weighted by atomic mass is 79.9. The van der Waals surface area contributed by atoms with Crippen molar-refractivity contribution in [2.75, 3.05) is 6.54 Å². The van der Waals surface area contributed by atoms with E-state index in [2.05, 4.69) is 21.0 Å². The van der Waals surface area contributed by atoms with Crippen LogP contribution in [0.1, 0.15) is 30.7 Å². The van der Waals surface area contributed by atoms with Crippen molar-refractivity contribution < 1.29 is 4.79 Å². The van der Waals surface area contributed by atoms with Crippen LogP contribution >= 0.6 is 15.9 Å². The molecule has 5 heteroatoms. The Hall–Kier alpha value is -0.680. The highest BCUT2D eigenvalue weighted by Crippen LogP contribution is 2.21. The second-order valence-corrected chi connectivity index (χ2v) is 4.72. The summed E-state index contributed by atoms with van der Waals surface area (Å²) in [6.45, 7) is 2.58. The van der Waals surface area contributed by atoms with E-state index < -0.39 is 0 Å². The first-order valence-corrected chi connectivity index (χ1v) is 6.25. The largest absolute Gasteiger partial charge is 0.330 e. The van der Waals surface area contributed by atoms with Gasteiger partial charge in [-0.15, -0.1) is 0 Å². The Labute approximate surface area is 104 Å². The molecule has 0 bridgehead atoms. The molecule has 0 fully saturated rings. The van der Waals surface area contributed by atoms with E-state index in [1.165, 1.54) is 0 Å². The first-order valence-electron chi connectivity index (χ1n) is 5.46. The van der Waals surface area contributed by atoms with Gasteiger partial charge < -0.3 is 5.73 Å². The highest BCUT2D eigenvalue weighted by molar-refractivity contribution is 9.10. The zero-order valence-electron chi connectivity index (χ0n) is 9.79. The fourth-order valence-electron chi connectivity index (χ4n) is 1.61. The fourth-order valence-corrected chi connectivity index (χ4v) is 2.09. The first-order chi connectivity index (χ1) is 7.56. The number of carbonyl (C=O) groups excluding carboxylic acids is 1. The summed E-state index contributed by atoms with van der Waals surface area (Å²) < 4.78 is 2.71. The van der Waals surface area contributed by atoms with Crippen LogP contribution in [0.4, 0.5) is 0 Å². The summed E-state index contributed by atoms with van der Waals surface area (Å²) in [6, 6.07) is 0. The summed E-state index contributed by atoms with van der Waals surface area (Å²) in [7, 11) is 1.86. The number of nitrogens with zero attached hydrogens (tertiary/aromatic N) is 2. The van der Waals surface area contributed by atoms with Crippen molar-refractivity contribution in [1.82, 2.24) is 9.78 Å². The summed E-state index contributed by atoms with van der Waals surface area (Å²) >= 11 is 3.46. The van der Waals surface area contributed by atoms with Gasteiger partial charge in [-0.1, -0.05) is 0 Å².